The number of tetrazole rings is 2. The number of thiophene rings is 4. The maximum absolute atomic E-state index is 15.2. The van der Waals surface area contributed by atoms with Gasteiger partial charge >= 0.3 is 60.2 Å². The van der Waals surface area contributed by atoms with Crippen molar-refractivity contribution in [1.82, 2.24) is 51.3 Å². The van der Waals surface area contributed by atoms with Gasteiger partial charge in [0.2, 0.25) is 5.91 Å². The first-order valence-corrected chi connectivity index (χ1v) is 50.8. The van der Waals surface area contributed by atoms with Crippen molar-refractivity contribution in [3.63, 3.8) is 0 Å². The van der Waals surface area contributed by atoms with Crippen molar-refractivity contribution in [3.05, 3.63) is 218 Å². The van der Waals surface area contributed by atoms with Gasteiger partial charge in [0.1, 0.15) is 69.2 Å². The number of carboxylic acids is 1. The number of H-pyrrole nitrogens is 2. The molecule has 26 nitrogen and oxygen atoms in total. The number of Topliss-reactive ketones (excluding diaryl/α,β-unsaturated/α-hetero) is 4. The van der Waals surface area contributed by atoms with E-state index in [4.69, 9.17) is 34.9 Å². The molecule has 6 aromatic heterocycles. The van der Waals surface area contributed by atoms with Crippen LogP contribution in [0.15, 0.2) is 126 Å². The Labute approximate surface area is 885 Å². The fourth-order valence-corrected chi connectivity index (χ4v) is 17.2. The van der Waals surface area contributed by atoms with Gasteiger partial charge in [-0.25, -0.2) is 30.7 Å². The maximum atomic E-state index is 15.2. The number of aromatic nitrogens is 8. The van der Waals surface area contributed by atoms with E-state index < -0.39 is 168 Å². The summed E-state index contributed by atoms with van der Waals surface area (Å²) >= 11 is 5.14. The summed E-state index contributed by atoms with van der Waals surface area (Å²) in [5.74, 6) is -7.65. The Balaban J connectivity index is 0.000000614. The molecular formula is C96H120ClF16N12NaO14S6. The zero-order chi connectivity index (χ0) is 109. The summed E-state index contributed by atoms with van der Waals surface area (Å²) in [5, 5.41) is 43.6. The number of ketones is 4. The van der Waals surface area contributed by atoms with Gasteiger partial charge in [-0.3, -0.25) is 28.8 Å². The number of carbonyl (C=O) groups excluding carboxylic acids is 5. The van der Waals surface area contributed by atoms with Crippen LogP contribution in [0, 0.1) is 23.3 Å². The number of aromatic amines is 2. The Morgan fingerprint density at radius 3 is 1.16 bits per heavy atom. The summed E-state index contributed by atoms with van der Waals surface area (Å²) in [6.07, 6.45) is -16.2. The van der Waals surface area contributed by atoms with E-state index in [-0.39, 0.29) is 143 Å². The smallest absolute Gasteiger partial charge is 0.855 e. The minimum atomic E-state index is -5.24. The van der Waals surface area contributed by atoms with Crippen LogP contribution < -0.4 is 69.4 Å². The number of nitrogens with zero attached hydrogens (tertiary/aromatic N) is 7. The largest absolute Gasteiger partial charge is 1.00 e. The summed E-state index contributed by atoms with van der Waals surface area (Å²) < 4.78 is 272. The van der Waals surface area contributed by atoms with Gasteiger partial charge in [-0.05, 0) is 192 Å². The van der Waals surface area contributed by atoms with Crippen LogP contribution in [0.2, 0.25) is 0 Å². The van der Waals surface area contributed by atoms with Crippen molar-refractivity contribution in [1.29, 1.82) is 0 Å². The van der Waals surface area contributed by atoms with Gasteiger partial charge in [-0.15, -0.1) is 84.8 Å². The zero-order valence-electron chi connectivity index (χ0n) is 83.5. The number of rotatable bonds is 42. The third kappa shape index (κ3) is 43.7. The van der Waals surface area contributed by atoms with E-state index in [9.17, 15) is 98.7 Å². The van der Waals surface area contributed by atoms with Gasteiger partial charge in [-0.1, -0.05) is 97.2 Å². The fraction of sp³-hybridized carbons (Fsp3) is 0.490. The molecule has 1 amide bonds. The number of aryl methyl sites for hydroxylation is 4. The first-order valence-electron chi connectivity index (χ1n) is 45.2. The summed E-state index contributed by atoms with van der Waals surface area (Å²) in [7, 11) is -3.77. The number of hydrogen-bond donors (Lipinski definition) is 6. The normalized spacial score (nSPS) is 13.2. The van der Waals surface area contributed by atoms with Gasteiger partial charge < -0.3 is 40.2 Å². The molecule has 5 atom stereocenters. The van der Waals surface area contributed by atoms with E-state index in [1.807, 2.05) is 65.1 Å². The van der Waals surface area contributed by atoms with Gasteiger partial charge in [0.25, 0.3) is 0 Å². The van der Waals surface area contributed by atoms with Crippen LogP contribution in [-0.2, 0) is 86.7 Å². The minimum Gasteiger partial charge on any atom is -0.855 e. The SMILES string of the molecule is CCCCOc1ccc(C(=N[S@@](=O)C(C)(C)C)C(F)(F)F)c(F)c1.CCCCOc1ccc([C@@](CC(=O)c2ccc(CC)s2)(NC(=O)Cc2nn[nH]n2)C(F)(F)F)c(F)c1.CCCCOc1ccc([C@@](N)(CC(=O)c2ccc(CC)s2)C(F)(F)F)c(F)c1.CC[O-].CCc1ccc(C(=O)C[C@](C)(N[S@@](=O)C(C)(C)C)c2ccc(OCCCC(F)(F)F)cc2F)s1.CCc1ccc(C(C)=O)s1.Cl.O=C(O)Cc1nn[nH]n1.[Na+]. The van der Waals surface area contributed by atoms with Crippen LogP contribution in [0.1, 0.15) is 274 Å². The second-order valence-corrected chi connectivity index (χ2v) is 42.3. The van der Waals surface area contributed by atoms with Crippen molar-refractivity contribution in [2.45, 2.75) is 271 Å². The monoisotopic (exact) mass is 2220 g/mol. The van der Waals surface area contributed by atoms with Crippen LogP contribution in [0.25, 0.3) is 0 Å². The number of nitrogens with two attached hydrogens (primary N) is 1. The average Bonchev–Trinajstić information content (AvgIpc) is 1.01. The molecule has 0 bridgehead atoms. The average molecular weight is 2220 g/mol. The molecule has 146 heavy (non-hydrogen) atoms. The van der Waals surface area contributed by atoms with Crippen molar-refractivity contribution in [2.24, 2.45) is 10.1 Å². The van der Waals surface area contributed by atoms with Crippen LogP contribution in [0.5, 0.6) is 23.0 Å². The maximum Gasteiger partial charge on any atom is 1.00 e. The van der Waals surface area contributed by atoms with E-state index in [2.05, 4.69) is 57.3 Å². The quantitative estimate of drug-likeness (QED) is 0.00680. The number of ether oxygens (including phenoxy) is 4. The molecule has 4 aromatic carbocycles. The number of carbonyl (C=O) groups is 6. The minimum absolute atomic E-state index is 0. The van der Waals surface area contributed by atoms with E-state index in [1.165, 1.54) is 79.4 Å². The fourth-order valence-electron chi connectivity index (χ4n) is 12.1. The molecule has 0 fully saturated rings. The van der Waals surface area contributed by atoms with Crippen molar-refractivity contribution < 1.29 is 166 Å². The number of nitrogens with one attached hydrogen (secondary N) is 4. The van der Waals surface area contributed by atoms with Crippen LogP contribution in [0.4, 0.5) is 70.2 Å². The molecule has 804 valence electrons. The molecule has 0 aliphatic heterocycles. The molecule has 0 aliphatic rings. The molecule has 50 heteroatoms. The number of benzene rings is 4. The molecule has 0 radical (unpaired) electrons. The predicted octanol–water partition coefficient (Wildman–Crippen LogP) is 19.8. The Morgan fingerprint density at radius 1 is 0.479 bits per heavy atom. The number of carboxylic acid groups (broad SMARTS) is 1. The Bertz CT molecular complexity index is 5800. The standard InChI is InChI=1S/C24H31F4NO3S2.C23H25F4N5O3S.C20H23F4NO2S.C16H21F4NO2S.C8H10OS.C3H4N4O2.C2H5O.ClH.Na/c1-6-17-9-11-21(33-17)20(30)15-23(5,29-34(31)22(2,3)4)18-10-8-16(14-19(18)25)32-13-7-12-24(26,27)28;1-3-5-10-35-14-6-8-16(17(24)11-14)22(23(25,26)27,28-21(34)12-20-29-31-32-30-20)13-18(33)19-9-7-15(4-2)36-19;1-3-5-10-27-13-6-8-15(16(21)11-13)19(25,20(22,23)24)12-17(26)18-9-7-14(4-2)28-18;1-5-6-9-23-11-7-8-12(13(17)10-11)14(16(18,19)20)21-24(22)15(2,3)4;1-3-7-4-5-8(10-7)6(2)9;8-3(9)1-2-4-6-7-5-2;1-2-3;;/h8-11,14,29H,6-7,12-13,15H2,1-5H3;6-9,11H,3-5,10,12-13H2,1-2H3,(H,28,34)(H,29,30,31,32);6-9,11H,3-5,10,12,25H2,1-2H3;7-8,10H,5-6,9H2,1-4H3;4-5H,3H2,1-2H3;1H2,(H,8,9)(H,4,5,6,7);2H2,1H3;1H;/q;;;;;;-1;;+1/t23-,34-;22-;19-;24-;;;;;/m0100...../s1. The first kappa shape index (κ1) is 133. The predicted molar refractivity (Wildman–Crippen MR) is 527 cm³/mol. The van der Waals surface area contributed by atoms with Gasteiger partial charge in [-0.2, -0.15) is 67.5 Å². The van der Waals surface area contributed by atoms with Crippen molar-refractivity contribution >= 4 is 120 Å². The number of aliphatic carboxylic acids is 1. The molecule has 0 saturated carbocycles. The second kappa shape index (κ2) is 62.3. The van der Waals surface area contributed by atoms with Gasteiger partial charge in [0.15, 0.2) is 46.0 Å². The molecule has 0 aliphatic carbocycles. The van der Waals surface area contributed by atoms with Gasteiger partial charge in [0, 0.05) is 91.7 Å². The second-order valence-electron chi connectivity index (χ2n) is 33.8. The molecule has 10 aromatic rings. The number of amides is 1. The zero-order valence-corrected chi connectivity index (χ0v) is 91.2. The van der Waals surface area contributed by atoms with E-state index >= 15 is 8.78 Å². The molecular weight excluding hydrogens is 2100 g/mol. The summed E-state index contributed by atoms with van der Waals surface area (Å²) in [5.41, 5.74) is -5.96. The number of alkyl halides is 12. The molecule has 7 N–H and O–H groups in total. The molecule has 0 saturated heterocycles. The van der Waals surface area contributed by atoms with Crippen LogP contribution in [0.3, 0.4) is 0 Å². The Kier molecular flexibility index (Phi) is 56.7. The third-order valence-corrected chi connectivity index (χ3v) is 28.2. The molecule has 0 unspecified atom stereocenters. The van der Waals surface area contributed by atoms with Crippen LogP contribution in [-0.4, -0.2) is 163 Å². The molecule has 0 spiro atoms. The first-order chi connectivity index (χ1) is 67.3. The van der Waals surface area contributed by atoms with Crippen molar-refractivity contribution in [2.75, 3.05) is 33.0 Å². The van der Waals surface area contributed by atoms with Crippen molar-refractivity contribution in [3.8, 4) is 23.0 Å². The molecule has 10 rings (SSSR count). The molecule has 6 heterocycles. The Morgan fingerprint density at radius 2 is 0.842 bits per heavy atom. The third-order valence-electron chi connectivity index (χ3n) is 19.9. The number of halogens is 17. The summed E-state index contributed by atoms with van der Waals surface area (Å²) in [4.78, 5) is 77.6. The van der Waals surface area contributed by atoms with E-state index in [0.29, 0.717) is 37.4 Å². The van der Waals surface area contributed by atoms with E-state index in [1.54, 1.807) is 71.1 Å². The van der Waals surface area contributed by atoms with Gasteiger partial charge in [0.05, 0.1) is 78.4 Å². The Hall–Kier alpha value is -9.34. The number of hydrogen-bond acceptors (Lipinski definition) is 24. The summed E-state index contributed by atoms with van der Waals surface area (Å²) in [6, 6.07) is 26.7. The topological polar surface area (TPSA) is 388 Å². The van der Waals surface area contributed by atoms with Crippen LogP contribution >= 0.6 is 57.8 Å². The summed E-state index contributed by atoms with van der Waals surface area (Å²) in [6.45, 7) is 28.9. The van der Waals surface area contributed by atoms with E-state index in [0.717, 1.165) is 130 Å². The number of unbranched alkanes of at least 4 members (excludes halogenated alkanes) is 3.